The molecule has 1 atom stereocenters. The number of furan rings is 1. The minimum atomic E-state index is -0.124. The number of hydrogen-bond acceptors (Lipinski definition) is 6. The van der Waals surface area contributed by atoms with Crippen LogP contribution >= 0.6 is 23.1 Å². The summed E-state index contributed by atoms with van der Waals surface area (Å²) in [6.45, 7) is 2.95. The number of benzene rings is 2. The van der Waals surface area contributed by atoms with Crippen molar-refractivity contribution in [2.24, 2.45) is 0 Å². The van der Waals surface area contributed by atoms with Crippen molar-refractivity contribution in [1.82, 2.24) is 4.90 Å². The lowest BCUT2D eigenvalue weighted by molar-refractivity contribution is 0.0206. The average molecular weight is 465 g/mol. The summed E-state index contributed by atoms with van der Waals surface area (Å²) in [7, 11) is 0. The van der Waals surface area contributed by atoms with Crippen LogP contribution in [0.5, 0.6) is 0 Å². The molecule has 0 radical (unpaired) electrons. The van der Waals surface area contributed by atoms with Gasteiger partial charge in [-0.3, -0.25) is 9.69 Å². The SMILES string of the molecule is CSc1ccc(C(c2oc3ccccc3c2NC(=O)c2cccs2)N2CCOCC2)cc1. The van der Waals surface area contributed by atoms with Gasteiger partial charge in [-0.2, -0.15) is 0 Å². The van der Waals surface area contributed by atoms with E-state index in [1.54, 1.807) is 11.8 Å². The van der Waals surface area contributed by atoms with Crippen molar-refractivity contribution in [2.75, 3.05) is 37.9 Å². The number of carbonyl (C=O) groups excluding carboxylic acids is 1. The second kappa shape index (κ2) is 9.50. The van der Waals surface area contributed by atoms with Crippen molar-refractivity contribution in [3.8, 4) is 0 Å². The monoisotopic (exact) mass is 464 g/mol. The smallest absolute Gasteiger partial charge is 0.265 e. The first-order valence-electron chi connectivity index (χ1n) is 10.6. The van der Waals surface area contributed by atoms with Crippen molar-refractivity contribution in [2.45, 2.75) is 10.9 Å². The van der Waals surface area contributed by atoms with Crippen LogP contribution < -0.4 is 5.32 Å². The Morgan fingerprint density at radius 3 is 2.56 bits per heavy atom. The summed E-state index contributed by atoms with van der Waals surface area (Å²) < 4.78 is 12.1. The van der Waals surface area contributed by atoms with Crippen LogP contribution in [0, 0.1) is 0 Å². The lowest BCUT2D eigenvalue weighted by Gasteiger charge is -2.34. The van der Waals surface area contributed by atoms with E-state index in [1.165, 1.54) is 16.2 Å². The molecule has 1 unspecified atom stereocenters. The standard InChI is InChI=1S/C25H24N2O3S2/c1-31-18-10-8-17(9-11-18)23(27-12-14-29-15-13-27)24-22(19-5-2-3-6-20(19)30-24)26-25(28)21-7-4-16-32-21/h2-11,16,23H,12-15H2,1H3,(H,26,28). The van der Waals surface area contributed by atoms with E-state index >= 15 is 0 Å². The molecule has 0 saturated carbocycles. The molecule has 164 valence electrons. The number of morpholine rings is 1. The van der Waals surface area contributed by atoms with Gasteiger partial charge in [0.15, 0.2) is 0 Å². The van der Waals surface area contributed by atoms with Crippen LogP contribution in [0.15, 0.2) is 75.4 Å². The van der Waals surface area contributed by atoms with E-state index < -0.39 is 0 Å². The Hall–Kier alpha value is -2.58. The molecule has 2 aromatic carbocycles. The predicted octanol–water partition coefficient (Wildman–Crippen LogP) is 5.89. The molecule has 1 aliphatic heterocycles. The third-order valence-corrected chi connectivity index (χ3v) is 7.31. The molecular formula is C25H24N2O3S2. The molecule has 1 amide bonds. The quantitative estimate of drug-likeness (QED) is 0.361. The van der Waals surface area contributed by atoms with E-state index in [0.717, 1.165) is 41.1 Å². The first-order chi connectivity index (χ1) is 15.7. The Bertz CT molecular complexity index is 1200. The van der Waals surface area contributed by atoms with Gasteiger partial charge < -0.3 is 14.5 Å². The number of carbonyl (C=O) groups is 1. The second-order valence-corrected chi connectivity index (χ2v) is 9.42. The number of ether oxygens (including phenoxy) is 1. The highest BCUT2D eigenvalue weighted by atomic mass is 32.2. The zero-order chi connectivity index (χ0) is 21.9. The van der Waals surface area contributed by atoms with E-state index in [1.807, 2.05) is 41.8 Å². The molecule has 1 fully saturated rings. The zero-order valence-corrected chi connectivity index (χ0v) is 19.4. The van der Waals surface area contributed by atoms with Gasteiger partial charge in [0, 0.05) is 23.4 Å². The summed E-state index contributed by atoms with van der Waals surface area (Å²) in [6, 6.07) is 20.1. The molecule has 3 heterocycles. The Morgan fingerprint density at radius 1 is 1.06 bits per heavy atom. The fraction of sp³-hybridized carbons (Fsp3) is 0.240. The van der Waals surface area contributed by atoms with Crippen LogP contribution in [0.2, 0.25) is 0 Å². The molecule has 5 nitrogen and oxygen atoms in total. The number of thiophene rings is 1. The van der Waals surface area contributed by atoms with E-state index in [9.17, 15) is 4.79 Å². The van der Waals surface area contributed by atoms with Crippen LogP contribution in [0.4, 0.5) is 5.69 Å². The number of amides is 1. The van der Waals surface area contributed by atoms with Gasteiger partial charge in [0.1, 0.15) is 11.3 Å². The van der Waals surface area contributed by atoms with E-state index in [2.05, 4.69) is 40.7 Å². The summed E-state index contributed by atoms with van der Waals surface area (Å²) in [5, 5.41) is 5.98. The van der Waals surface area contributed by atoms with E-state index in [-0.39, 0.29) is 11.9 Å². The molecule has 7 heteroatoms. The van der Waals surface area contributed by atoms with Crippen molar-refractivity contribution in [3.05, 3.63) is 82.2 Å². The molecular weight excluding hydrogens is 440 g/mol. The molecule has 1 aliphatic rings. The topological polar surface area (TPSA) is 54.7 Å². The molecule has 1 saturated heterocycles. The first kappa shape index (κ1) is 21.3. The maximum absolute atomic E-state index is 13.0. The molecule has 0 spiro atoms. The normalized spacial score (nSPS) is 15.7. The van der Waals surface area contributed by atoms with Gasteiger partial charge in [0.05, 0.1) is 29.8 Å². The van der Waals surface area contributed by atoms with Gasteiger partial charge in [-0.1, -0.05) is 30.3 Å². The number of nitrogens with zero attached hydrogens (tertiary/aromatic N) is 1. The highest BCUT2D eigenvalue weighted by Crippen LogP contribution is 2.41. The van der Waals surface area contributed by atoms with Crippen molar-refractivity contribution >= 4 is 45.7 Å². The molecule has 0 aliphatic carbocycles. The summed E-state index contributed by atoms with van der Waals surface area (Å²) in [5.41, 5.74) is 2.64. The number of nitrogens with one attached hydrogen (secondary N) is 1. The number of para-hydroxylation sites is 1. The first-order valence-corrected chi connectivity index (χ1v) is 12.7. The molecule has 0 bridgehead atoms. The Labute approximate surface area is 195 Å². The highest BCUT2D eigenvalue weighted by Gasteiger charge is 2.31. The number of rotatable bonds is 6. The summed E-state index contributed by atoms with van der Waals surface area (Å²) in [5.74, 6) is 0.640. The lowest BCUT2D eigenvalue weighted by atomic mass is 10.0. The fourth-order valence-electron chi connectivity index (χ4n) is 4.12. The number of fused-ring (bicyclic) bond motifs is 1. The van der Waals surface area contributed by atoms with Gasteiger partial charge in [0.25, 0.3) is 5.91 Å². The second-order valence-electron chi connectivity index (χ2n) is 7.59. The predicted molar refractivity (Wildman–Crippen MR) is 131 cm³/mol. The van der Waals surface area contributed by atoms with Crippen LogP contribution in [0.1, 0.15) is 27.0 Å². The Morgan fingerprint density at radius 2 is 1.84 bits per heavy atom. The van der Waals surface area contributed by atoms with Crippen LogP contribution in [-0.2, 0) is 4.74 Å². The molecule has 1 N–H and O–H groups in total. The third kappa shape index (κ3) is 4.21. The maximum atomic E-state index is 13.0. The number of thioether (sulfide) groups is 1. The maximum Gasteiger partial charge on any atom is 0.265 e. The molecule has 5 rings (SSSR count). The van der Waals surface area contributed by atoms with Gasteiger partial charge >= 0.3 is 0 Å². The average Bonchev–Trinajstić information content (AvgIpc) is 3.50. The Kier molecular flexibility index (Phi) is 6.32. The van der Waals surface area contributed by atoms with Gasteiger partial charge in [-0.05, 0) is 47.5 Å². The highest BCUT2D eigenvalue weighted by molar-refractivity contribution is 7.98. The van der Waals surface area contributed by atoms with Gasteiger partial charge in [0.2, 0.25) is 0 Å². The van der Waals surface area contributed by atoms with Crippen LogP contribution in [-0.4, -0.2) is 43.4 Å². The fourth-order valence-corrected chi connectivity index (χ4v) is 5.15. The largest absolute Gasteiger partial charge is 0.457 e. The lowest BCUT2D eigenvalue weighted by Crippen LogP contribution is -2.39. The molecule has 4 aromatic rings. The number of anilines is 1. The van der Waals surface area contributed by atoms with E-state index in [4.69, 9.17) is 9.15 Å². The van der Waals surface area contributed by atoms with Gasteiger partial charge in [-0.15, -0.1) is 23.1 Å². The minimum Gasteiger partial charge on any atom is -0.457 e. The minimum absolute atomic E-state index is 0.119. The van der Waals surface area contributed by atoms with Crippen LogP contribution in [0.3, 0.4) is 0 Å². The zero-order valence-electron chi connectivity index (χ0n) is 17.7. The van der Waals surface area contributed by atoms with Crippen molar-refractivity contribution in [3.63, 3.8) is 0 Å². The van der Waals surface area contributed by atoms with Crippen molar-refractivity contribution in [1.29, 1.82) is 0 Å². The Balaban J connectivity index is 1.63. The van der Waals surface area contributed by atoms with Gasteiger partial charge in [-0.25, -0.2) is 0 Å². The summed E-state index contributed by atoms with van der Waals surface area (Å²) in [6.07, 6.45) is 2.08. The molecule has 2 aromatic heterocycles. The number of hydrogen-bond donors (Lipinski definition) is 1. The van der Waals surface area contributed by atoms with Crippen LogP contribution in [0.25, 0.3) is 11.0 Å². The summed E-state index contributed by atoms with van der Waals surface area (Å²) in [4.78, 5) is 17.3. The van der Waals surface area contributed by atoms with E-state index in [0.29, 0.717) is 18.1 Å². The third-order valence-electron chi connectivity index (χ3n) is 5.70. The summed E-state index contributed by atoms with van der Waals surface area (Å²) >= 11 is 3.15. The molecule has 32 heavy (non-hydrogen) atoms. The van der Waals surface area contributed by atoms with Crippen molar-refractivity contribution < 1.29 is 13.9 Å².